The quantitative estimate of drug-likeness (QED) is 0.326. The lowest BCUT2D eigenvalue weighted by molar-refractivity contribution is -0.384. The number of halogens is 1. The fourth-order valence-corrected chi connectivity index (χ4v) is 5.01. The topological polar surface area (TPSA) is 122 Å². The molecule has 1 aliphatic heterocycles. The molecule has 3 atom stereocenters. The van der Waals surface area contributed by atoms with Gasteiger partial charge in [-0.25, -0.2) is 0 Å². The molecule has 1 aliphatic carbocycles. The van der Waals surface area contributed by atoms with E-state index in [0.717, 1.165) is 24.8 Å². The summed E-state index contributed by atoms with van der Waals surface area (Å²) in [5.41, 5.74) is 1.38. The maximum Gasteiger partial charge on any atom is 0.293 e. The summed E-state index contributed by atoms with van der Waals surface area (Å²) >= 11 is 6.09. The number of benzene rings is 2. The van der Waals surface area contributed by atoms with Gasteiger partial charge >= 0.3 is 0 Å². The molecule has 35 heavy (non-hydrogen) atoms. The molecule has 184 valence electrons. The second-order valence-electron chi connectivity index (χ2n) is 9.29. The van der Waals surface area contributed by atoms with Crippen LogP contribution in [0.25, 0.3) is 0 Å². The van der Waals surface area contributed by atoms with Crippen molar-refractivity contribution in [2.75, 3.05) is 23.7 Å². The van der Waals surface area contributed by atoms with Crippen LogP contribution in [-0.2, 0) is 9.59 Å². The second-order valence-corrected chi connectivity index (χ2v) is 9.70. The molecule has 9 nitrogen and oxygen atoms in total. The van der Waals surface area contributed by atoms with Gasteiger partial charge in [0.1, 0.15) is 5.69 Å². The number of carbonyl (C=O) groups excluding carboxylic acids is 3. The van der Waals surface area contributed by atoms with Crippen LogP contribution in [-0.4, -0.2) is 40.6 Å². The first-order valence-corrected chi connectivity index (χ1v) is 12.0. The van der Waals surface area contributed by atoms with E-state index in [2.05, 4.69) is 17.6 Å². The molecular weight excluding hydrogens is 472 g/mol. The van der Waals surface area contributed by atoms with Crippen molar-refractivity contribution in [3.8, 4) is 0 Å². The first kappa shape index (κ1) is 24.7. The number of rotatable bonds is 7. The highest BCUT2D eigenvalue weighted by Gasteiger charge is 2.49. The van der Waals surface area contributed by atoms with Crippen LogP contribution in [0.15, 0.2) is 36.4 Å². The number of nitrogens with zero attached hydrogens (tertiary/aromatic N) is 2. The molecule has 0 spiro atoms. The van der Waals surface area contributed by atoms with E-state index in [1.165, 1.54) is 23.1 Å². The van der Waals surface area contributed by atoms with E-state index in [-0.39, 0.29) is 53.7 Å². The van der Waals surface area contributed by atoms with Gasteiger partial charge in [0.15, 0.2) is 0 Å². The first-order valence-electron chi connectivity index (χ1n) is 11.6. The monoisotopic (exact) mass is 498 g/mol. The van der Waals surface area contributed by atoms with Gasteiger partial charge < -0.3 is 10.6 Å². The Bertz CT molecular complexity index is 1200. The SMILES string of the molecule is Cc1ccc(NC(=O)c2ccc(NCCN3C(=O)[C@@H]4CC[C@H](C)C[C@H]4C3=O)c([N+](=O)[O-])c2)cc1Cl. The largest absolute Gasteiger partial charge is 0.378 e. The smallest absolute Gasteiger partial charge is 0.293 e. The summed E-state index contributed by atoms with van der Waals surface area (Å²) in [4.78, 5) is 50.4. The van der Waals surface area contributed by atoms with Gasteiger partial charge in [-0.15, -0.1) is 0 Å². The summed E-state index contributed by atoms with van der Waals surface area (Å²) in [6.45, 7) is 4.23. The van der Waals surface area contributed by atoms with Gasteiger partial charge in [-0.05, 0) is 61.9 Å². The number of likely N-dealkylation sites (tertiary alicyclic amines) is 1. The first-order chi connectivity index (χ1) is 16.7. The van der Waals surface area contributed by atoms with Crippen molar-refractivity contribution in [2.24, 2.45) is 17.8 Å². The van der Waals surface area contributed by atoms with Crippen molar-refractivity contribution in [1.29, 1.82) is 0 Å². The van der Waals surface area contributed by atoms with Crippen LogP contribution in [0.4, 0.5) is 17.1 Å². The third-order valence-corrected chi connectivity index (χ3v) is 7.22. The summed E-state index contributed by atoms with van der Waals surface area (Å²) < 4.78 is 0. The van der Waals surface area contributed by atoms with Crippen molar-refractivity contribution in [1.82, 2.24) is 4.90 Å². The zero-order valence-corrected chi connectivity index (χ0v) is 20.3. The number of hydrogen-bond donors (Lipinski definition) is 2. The molecule has 1 heterocycles. The lowest BCUT2D eigenvalue weighted by Gasteiger charge is -2.25. The molecule has 3 amide bonds. The van der Waals surface area contributed by atoms with Crippen LogP contribution in [0.3, 0.4) is 0 Å². The number of imide groups is 1. The average Bonchev–Trinajstić information content (AvgIpc) is 3.05. The standard InChI is InChI=1S/C25H27ClN4O5/c1-14-3-7-18-19(11-14)25(33)29(24(18)32)10-9-27-21-8-5-16(12-22(21)30(34)35)23(31)28-17-6-4-15(2)20(26)13-17/h4-6,8,12-14,18-19,27H,3,7,9-11H2,1-2H3,(H,28,31)/t14-,18+,19+/m0/s1. The molecular formula is C25H27ClN4O5. The van der Waals surface area contributed by atoms with Crippen LogP contribution >= 0.6 is 11.6 Å². The molecule has 2 aliphatic rings. The fraction of sp³-hybridized carbons (Fsp3) is 0.400. The predicted molar refractivity (Wildman–Crippen MR) is 132 cm³/mol. The maximum atomic E-state index is 12.7. The minimum absolute atomic E-state index is 0.113. The fourth-order valence-electron chi connectivity index (χ4n) is 4.83. The molecule has 4 rings (SSSR count). The van der Waals surface area contributed by atoms with Crippen LogP contribution < -0.4 is 10.6 Å². The number of nitro benzene ring substituents is 1. The zero-order valence-electron chi connectivity index (χ0n) is 19.5. The Hall–Kier alpha value is -3.46. The van der Waals surface area contributed by atoms with Crippen LogP contribution in [0.1, 0.15) is 42.1 Å². The zero-order chi connectivity index (χ0) is 25.3. The highest BCUT2D eigenvalue weighted by Crippen LogP contribution is 2.40. The highest BCUT2D eigenvalue weighted by atomic mass is 35.5. The average molecular weight is 499 g/mol. The number of anilines is 2. The van der Waals surface area contributed by atoms with E-state index in [4.69, 9.17) is 11.6 Å². The Morgan fingerprint density at radius 2 is 1.89 bits per heavy atom. The number of hydrogen-bond acceptors (Lipinski definition) is 6. The third-order valence-electron chi connectivity index (χ3n) is 6.82. The van der Waals surface area contributed by atoms with Crippen molar-refractivity contribution < 1.29 is 19.3 Å². The summed E-state index contributed by atoms with van der Waals surface area (Å²) in [5.74, 6) is -0.870. The van der Waals surface area contributed by atoms with Crippen molar-refractivity contribution in [3.63, 3.8) is 0 Å². The Kier molecular flexibility index (Phi) is 7.07. The summed E-state index contributed by atoms with van der Waals surface area (Å²) in [7, 11) is 0. The van der Waals surface area contributed by atoms with Gasteiger partial charge in [-0.2, -0.15) is 0 Å². The van der Waals surface area contributed by atoms with Crippen LogP contribution in [0.5, 0.6) is 0 Å². The molecule has 2 N–H and O–H groups in total. The van der Waals surface area contributed by atoms with Gasteiger partial charge in [-0.1, -0.05) is 24.6 Å². The van der Waals surface area contributed by atoms with E-state index in [9.17, 15) is 24.5 Å². The Labute approximate surface area is 208 Å². The molecule has 0 radical (unpaired) electrons. The van der Waals surface area contributed by atoms with E-state index in [0.29, 0.717) is 16.6 Å². The molecule has 2 fully saturated rings. The molecule has 10 heteroatoms. The predicted octanol–water partition coefficient (Wildman–Crippen LogP) is 4.64. The molecule has 0 unspecified atom stereocenters. The van der Waals surface area contributed by atoms with Gasteiger partial charge in [-0.3, -0.25) is 29.4 Å². The number of nitro groups is 1. The number of nitrogens with one attached hydrogen (secondary N) is 2. The van der Waals surface area contributed by atoms with Gasteiger partial charge in [0, 0.05) is 35.4 Å². The molecule has 1 saturated carbocycles. The number of fused-ring (bicyclic) bond motifs is 1. The minimum Gasteiger partial charge on any atom is -0.378 e. The van der Waals surface area contributed by atoms with Crippen molar-refractivity contribution >= 4 is 46.4 Å². The number of aryl methyl sites for hydroxylation is 1. The van der Waals surface area contributed by atoms with Gasteiger partial charge in [0.2, 0.25) is 11.8 Å². The number of carbonyl (C=O) groups is 3. The van der Waals surface area contributed by atoms with Crippen molar-refractivity contribution in [3.05, 3.63) is 62.7 Å². The van der Waals surface area contributed by atoms with E-state index in [1.54, 1.807) is 18.2 Å². The molecule has 0 aromatic heterocycles. The molecule has 0 bridgehead atoms. The molecule has 1 saturated heterocycles. The Balaban J connectivity index is 1.41. The van der Waals surface area contributed by atoms with E-state index in [1.807, 2.05) is 6.92 Å². The molecule has 2 aromatic carbocycles. The lowest BCUT2D eigenvalue weighted by atomic mass is 9.76. The number of amides is 3. The maximum absolute atomic E-state index is 12.7. The third kappa shape index (κ3) is 5.14. The normalized spacial score (nSPS) is 21.6. The summed E-state index contributed by atoms with van der Waals surface area (Å²) in [6, 6.07) is 9.18. The van der Waals surface area contributed by atoms with E-state index < -0.39 is 10.8 Å². The summed E-state index contributed by atoms with van der Waals surface area (Å²) in [6.07, 6.45) is 2.39. The van der Waals surface area contributed by atoms with Crippen molar-refractivity contribution in [2.45, 2.75) is 33.1 Å². The van der Waals surface area contributed by atoms with Crippen LogP contribution in [0, 0.1) is 34.8 Å². The lowest BCUT2D eigenvalue weighted by Crippen LogP contribution is -2.35. The van der Waals surface area contributed by atoms with Gasteiger partial charge in [0.25, 0.3) is 11.6 Å². The van der Waals surface area contributed by atoms with E-state index >= 15 is 0 Å². The second kappa shape index (κ2) is 10.0. The van der Waals surface area contributed by atoms with Gasteiger partial charge in [0.05, 0.1) is 16.8 Å². The van der Waals surface area contributed by atoms with Crippen LogP contribution in [0.2, 0.25) is 5.02 Å². The summed E-state index contributed by atoms with van der Waals surface area (Å²) in [5, 5.41) is 17.8. The molecule has 2 aromatic rings. The minimum atomic E-state index is -0.579. The highest BCUT2D eigenvalue weighted by molar-refractivity contribution is 6.31. The Morgan fingerprint density at radius 1 is 1.14 bits per heavy atom. The Morgan fingerprint density at radius 3 is 2.60 bits per heavy atom.